The summed E-state index contributed by atoms with van der Waals surface area (Å²) in [5.74, 6) is 3.06. The first-order valence-corrected chi connectivity index (χ1v) is 40.3. The van der Waals surface area contributed by atoms with E-state index in [4.69, 9.17) is 46.7 Å². The number of methoxy groups -OCH3 is 1. The van der Waals surface area contributed by atoms with Crippen LogP contribution in [0.25, 0.3) is 89.0 Å². The standard InChI is InChI=1S/C25H27NO9.2C22H24N2O7.C22H23NO7/c1-13-9-15(5-6-18(13)34-25-23(31)22(30)21(29)19(12-27)35-25)16-4-3-14-7-8-26(11-20(28)33-2)24(32)17(14)10-16;1-11-9-15(13-3-5-14(6-4-13)21-24-23-12(2)29-21)7-8-16(11)30-22-20(28)19(27)18(26)17(10-25)31-22;1-11-8-14(13-4-3-5-15(9-13)21-24-23-12(2)29-21)6-7-16(11)30-22-20(28)19(27)18(26)17(10-25)31-22;1-11-8-13(14-3-2-12-6-7-23-21(28)15(12)9-14)4-5-16(11)29-22-20(27)19(26)18(25)17(10-24)30-22/h3-10,19,21-23,25,27,29-31H,11-12H2,1-2H3;2*3-9,17-20,22,25-28H,10H2,1-2H3;2-9,17-20,22,24-27H,10H2,1H3,(H,23,28). The summed E-state index contributed by atoms with van der Waals surface area (Å²) in [5.41, 5.74) is 11.2. The van der Waals surface area contributed by atoms with Gasteiger partial charge in [-0.2, -0.15) is 0 Å². The Balaban J connectivity index is 0.000000145. The number of aryl methyl sites for hydroxylation is 6. The summed E-state index contributed by atoms with van der Waals surface area (Å²) in [4.78, 5) is 39.2. The van der Waals surface area contributed by atoms with E-state index in [0.717, 1.165) is 83.1 Å². The maximum absolute atomic E-state index is 12.9. The minimum Gasteiger partial charge on any atom is -0.468 e. The number of nitrogens with one attached hydrogen (secondary N) is 1. The molecule has 0 saturated carbocycles. The number of rotatable bonds is 20. The number of fused-ring (bicyclic) bond motifs is 2. The topological polar surface area (TPSA) is 557 Å². The molecule has 0 amide bonds. The highest BCUT2D eigenvalue weighted by Crippen LogP contribution is 2.38. The largest absolute Gasteiger partial charge is 0.468 e. The zero-order valence-corrected chi connectivity index (χ0v) is 69.5. The highest BCUT2D eigenvalue weighted by atomic mass is 16.7. The minimum atomic E-state index is -1.54. The number of aromatic nitrogens is 6. The van der Waals surface area contributed by atoms with Crippen LogP contribution < -0.4 is 30.1 Å². The summed E-state index contributed by atoms with van der Waals surface area (Å²) >= 11 is 0. The number of H-pyrrole nitrogens is 1. The van der Waals surface area contributed by atoms with Crippen LogP contribution in [-0.2, 0) is 35.0 Å². The molecule has 0 aliphatic carbocycles. The third kappa shape index (κ3) is 21.1. The number of pyridine rings is 2. The van der Waals surface area contributed by atoms with Gasteiger partial charge in [0.1, 0.15) is 127 Å². The van der Waals surface area contributed by atoms with Crippen LogP contribution in [0.3, 0.4) is 0 Å². The van der Waals surface area contributed by atoms with Crippen LogP contribution in [-0.4, -0.2) is 274 Å². The fourth-order valence-corrected chi connectivity index (χ4v) is 14.6. The summed E-state index contributed by atoms with van der Waals surface area (Å²) < 4.78 is 61.5. The van der Waals surface area contributed by atoms with Crippen molar-refractivity contribution in [3.8, 4) is 90.4 Å². The van der Waals surface area contributed by atoms with Crippen LogP contribution in [0.5, 0.6) is 23.0 Å². The lowest BCUT2D eigenvalue weighted by Crippen LogP contribution is -2.60. The number of nitrogens with zero attached hydrogens (tertiary/aromatic N) is 5. The molecule has 0 radical (unpaired) electrons. The Hall–Kier alpha value is -11.7. The van der Waals surface area contributed by atoms with Gasteiger partial charge in [-0.05, 0) is 202 Å². The summed E-state index contributed by atoms with van der Waals surface area (Å²) in [7, 11) is 1.26. The summed E-state index contributed by atoms with van der Waals surface area (Å²) in [6.45, 7) is 8.48. The molecule has 12 aromatic rings. The molecule has 0 bridgehead atoms. The average Bonchev–Trinajstić information content (AvgIpc) is 0.833. The number of aliphatic hydroxyl groups excluding tert-OH is 16. The van der Waals surface area contributed by atoms with Crippen LogP contribution in [0.4, 0.5) is 0 Å². The van der Waals surface area contributed by atoms with E-state index in [0.29, 0.717) is 62.9 Å². The average molecular weight is 1760 g/mol. The fourth-order valence-electron chi connectivity index (χ4n) is 14.6. The second-order valence-electron chi connectivity index (χ2n) is 30.8. The Morgan fingerprint density at radius 1 is 0.362 bits per heavy atom. The molecule has 4 aliphatic heterocycles. The molecule has 0 spiro atoms. The zero-order valence-electron chi connectivity index (χ0n) is 69.5. The fraction of sp³-hybridized carbons (Fsp3) is 0.352. The van der Waals surface area contributed by atoms with Gasteiger partial charge in [-0.15, -0.1) is 20.4 Å². The van der Waals surface area contributed by atoms with Gasteiger partial charge in [-0.3, -0.25) is 14.4 Å². The van der Waals surface area contributed by atoms with Gasteiger partial charge < -0.3 is 143 Å². The highest BCUT2D eigenvalue weighted by Gasteiger charge is 2.49. The van der Waals surface area contributed by atoms with Gasteiger partial charge in [-0.25, -0.2) is 0 Å². The number of carbonyl (C=O) groups is 1. The van der Waals surface area contributed by atoms with Crippen molar-refractivity contribution in [1.29, 1.82) is 0 Å². The molecule has 20 unspecified atom stereocenters. The molecular formula is C91H98N6O30. The van der Waals surface area contributed by atoms with Gasteiger partial charge in [-0.1, -0.05) is 72.8 Å². The van der Waals surface area contributed by atoms with Crippen LogP contribution in [0.15, 0.2) is 201 Å². The third-order valence-corrected chi connectivity index (χ3v) is 22.0. The molecule has 20 atom stereocenters. The zero-order chi connectivity index (χ0) is 90.9. The molecule has 672 valence electrons. The smallest absolute Gasteiger partial charge is 0.325 e. The van der Waals surface area contributed by atoms with E-state index in [1.165, 1.54) is 11.7 Å². The van der Waals surface area contributed by atoms with Gasteiger partial charge in [0, 0.05) is 48.1 Å². The molecule has 4 saturated heterocycles. The lowest BCUT2D eigenvalue weighted by molar-refractivity contribution is -0.277. The molecule has 4 aromatic heterocycles. The van der Waals surface area contributed by atoms with Crippen molar-refractivity contribution in [2.45, 2.75) is 171 Å². The van der Waals surface area contributed by atoms with E-state index in [9.17, 15) is 96.1 Å². The Kier molecular flexibility index (Phi) is 30.0. The number of hydrogen-bond acceptors (Lipinski definition) is 34. The van der Waals surface area contributed by atoms with E-state index >= 15 is 0 Å². The first kappa shape index (κ1) is 93.0. The van der Waals surface area contributed by atoms with Crippen molar-refractivity contribution in [2.24, 2.45) is 0 Å². The van der Waals surface area contributed by atoms with Crippen molar-refractivity contribution >= 4 is 27.5 Å². The second kappa shape index (κ2) is 41.0. The van der Waals surface area contributed by atoms with E-state index in [-0.39, 0.29) is 17.7 Å². The molecule has 36 nitrogen and oxygen atoms in total. The number of ether oxygens (including phenoxy) is 9. The van der Waals surface area contributed by atoms with E-state index < -0.39 is 155 Å². The highest BCUT2D eigenvalue weighted by molar-refractivity contribution is 5.88. The first-order valence-electron chi connectivity index (χ1n) is 40.3. The number of benzene rings is 8. The van der Waals surface area contributed by atoms with Gasteiger partial charge in [0.25, 0.3) is 11.1 Å². The predicted molar refractivity (Wildman–Crippen MR) is 452 cm³/mol. The summed E-state index contributed by atoms with van der Waals surface area (Å²) in [6.07, 6.45) is -23.7. The lowest BCUT2D eigenvalue weighted by atomic mass is 9.99. The maximum Gasteiger partial charge on any atom is 0.325 e. The number of esters is 1. The molecular weight excluding hydrogens is 1660 g/mol. The number of aromatic amines is 1. The second-order valence-corrected chi connectivity index (χ2v) is 30.8. The molecule has 4 aliphatic rings. The molecule has 8 heterocycles. The Bertz CT molecular complexity index is 5900. The molecule has 127 heavy (non-hydrogen) atoms. The number of carbonyl (C=O) groups excluding carboxylic acids is 1. The summed E-state index contributed by atoms with van der Waals surface area (Å²) in [6, 6.07) is 51.7. The van der Waals surface area contributed by atoms with Crippen molar-refractivity contribution < 1.29 is 138 Å². The SMILES string of the molecule is COC(=O)Cn1ccc2ccc(-c3ccc(OC4OC(CO)C(O)C(O)C4O)c(C)c3)cc2c1=O.Cc1cc(-c2ccc3cc[nH]c(=O)c3c2)ccc1OC1OC(CO)C(O)C(O)C1O.Cc1nnc(-c2ccc(-c3ccc(OC4OC(CO)C(O)C(O)C4O)c(C)c3)cc2)o1.Cc1nnc(-c2cccc(-c3ccc(OC4OC(CO)C(O)C(O)C4O)c(C)c3)c2)o1. The van der Waals surface area contributed by atoms with Gasteiger partial charge >= 0.3 is 5.97 Å². The Morgan fingerprint density at radius 2 is 0.685 bits per heavy atom. The van der Waals surface area contributed by atoms with Crippen molar-refractivity contribution in [2.75, 3.05) is 33.5 Å². The van der Waals surface area contributed by atoms with Crippen LogP contribution in [0, 0.1) is 41.5 Å². The first-order chi connectivity index (χ1) is 60.8. The van der Waals surface area contributed by atoms with Crippen molar-refractivity contribution in [3.63, 3.8) is 0 Å². The van der Waals surface area contributed by atoms with Gasteiger partial charge in [0.05, 0.1) is 33.5 Å². The third-order valence-electron chi connectivity index (χ3n) is 22.0. The Morgan fingerprint density at radius 3 is 1.05 bits per heavy atom. The van der Waals surface area contributed by atoms with E-state index in [1.807, 2.05) is 148 Å². The molecule has 36 heteroatoms. The monoisotopic (exact) mass is 1750 g/mol. The quantitative estimate of drug-likeness (QED) is 0.0486. The summed E-state index contributed by atoms with van der Waals surface area (Å²) in [5, 5.41) is 176. The maximum atomic E-state index is 12.9. The van der Waals surface area contributed by atoms with E-state index in [1.54, 1.807) is 75.6 Å². The number of aliphatic hydroxyl groups is 16. The predicted octanol–water partition coefficient (Wildman–Crippen LogP) is 3.41. The molecule has 4 fully saturated rings. The van der Waals surface area contributed by atoms with E-state index in [2.05, 4.69) is 30.1 Å². The minimum absolute atomic E-state index is 0.159. The molecule has 16 rings (SSSR count). The van der Waals surface area contributed by atoms with Crippen molar-refractivity contribution in [3.05, 3.63) is 237 Å². The van der Waals surface area contributed by atoms with Crippen LogP contribution in [0.1, 0.15) is 34.0 Å². The van der Waals surface area contributed by atoms with Gasteiger partial charge in [0.2, 0.25) is 48.7 Å². The lowest BCUT2D eigenvalue weighted by Gasteiger charge is -2.39. The number of hydrogen-bond donors (Lipinski definition) is 17. The molecule has 17 N–H and O–H groups in total. The normalized spacial score (nSPS) is 25.7. The van der Waals surface area contributed by atoms with Crippen LogP contribution in [0.2, 0.25) is 0 Å². The van der Waals surface area contributed by atoms with Gasteiger partial charge in [0.15, 0.2) is 0 Å². The van der Waals surface area contributed by atoms with Crippen LogP contribution >= 0.6 is 0 Å². The molecule has 8 aromatic carbocycles. The Labute approximate surface area is 724 Å². The van der Waals surface area contributed by atoms with Crippen molar-refractivity contribution in [1.82, 2.24) is 29.9 Å².